The molecule has 1 saturated heterocycles. The Kier molecular flexibility index (Phi) is 5.67. The SMILES string of the molecule is COCCN1C[C@@H](CNc2ncc(OC)c(-c3ccnn3C)n2)CC1=O. The van der Waals surface area contributed by atoms with Gasteiger partial charge in [-0.15, -0.1) is 0 Å². The van der Waals surface area contributed by atoms with Crippen molar-refractivity contribution in [3.63, 3.8) is 0 Å². The number of hydrogen-bond acceptors (Lipinski definition) is 7. The van der Waals surface area contributed by atoms with Gasteiger partial charge in [-0.25, -0.2) is 9.97 Å². The minimum atomic E-state index is 0.167. The molecule has 3 rings (SSSR count). The zero-order chi connectivity index (χ0) is 18.5. The number of aromatic nitrogens is 4. The van der Waals surface area contributed by atoms with Crippen LogP contribution in [0.4, 0.5) is 5.95 Å². The van der Waals surface area contributed by atoms with Crippen molar-refractivity contribution >= 4 is 11.9 Å². The molecule has 3 heterocycles. The molecule has 9 heteroatoms. The lowest BCUT2D eigenvalue weighted by Gasteiger charge is -2.16. The van der Waals surface area contributed by atoms with Crippen molar-refractivity contribution in [2.45, 2.75) is 6.42 Å². The third-order valence-corrected chi connectivity index (χ3v) is 4.45. The lowest BCUT2D eigenvalue weighted by Crippen LogP contribution is -2.29. The van der Waals surface area contributed by atoms with E-state index in [1.165, 1.54) is 0 Å². The number of nitrogens with zero attached hydrogens (tertiary/aromatic N) is 5. The number of anilines is 1. The van der Waals surface area contributed by atoms with Crippen molar-refractivity contribution in [2.75, 3.05) is 45.8 Å². The summed E-state index contributed by atoms with van der Waals surface area (Å²) in [6, 6.07) is 1.87. The second-order valence-corrected chi connectivity index (χ2v) is 6.23. The van der Waals surface area contributed by atoms with Crippen molar-refractivity contribution < 1.29 is 14.3 Å². The first-order chi connectivity index (χ1) is 12.6. The molecule has 0 saturated carbocycles. The molecule has 1 amide bonds. The number of carbonyl (C=O) groups excluding carboxylic acids is 1. The molecule has 0 bridgehead atoms. The third-order valence-electron chi connectivity index (χ3n) is 4.45. The Morgan fingerprint density at radius 1 is 1.38 bits per heavy atom. The fourth-order valence-corrected chi connectivity index (χ4v) is 3.04. The number of amides is 1. The molecule has 26 heavy (non-hydrogen) atoms. The summed E-state index contributed by atoms with van der Waals surface area (Å²) in [5.74, 6) is 1.48. The lowest BCUT2D eigenvalue weighted by atomic mass is 10.1. The van der Waals surface area contributed by atoms with Crippen LogP contribution < -0.4 is 10.1 Å². The zero-order valence-electron chi connectivity index (χ0n) is 15.3. The highest BCUT2D eigenvalue weighted by Crippen LogP contribution is 2.27. The molecule has 0 spiro atoms. The van der Waals surface area contributed by atoms with Crippen LogP contribution in [0.5, 0.6) is 5.75 Å². The molecule has 1 atom stereocenters. The van der Waals surface area contributed by atoms with E-state index in [1.807, 2.05) is 18.0 Å². The zero-order valence-corrected chi connectivity index (χ0v) is 15.3. The van der Waals surface area contributed by atoms with E-state index < -0.39 is 0 Å². The van der Waals surface area contributed by atoms with Gasteiger partial charge in [0.2, 0.25) is 11.9 Å². The van der Waals surface area contributed by atoms with Gasteiger partial charge in [-0.2, -0.15) is 5.10 Å². The average Bonchev–Trinajstić information content (AvgIpc) is 3.23. The van der Waals surface area contributed by atoms with Crippen molar-refractivity contribution in [1.29, 1.82) is 0 Å². The molecule has 0 unspecified atom stereocenters. The summed E-state index contributed by atoms with van der Waals surface area (Å²) in [6.45, 7) is 2.55. The quantitative estimate of drug-likeness (QED) is 0.744. The maximum Gasteiger partial charge on any atom is 0.223 e. The van der Waals surface area contributed by atoms with Gasteiger partial charge in [-0.3, -0.25) is 9.48 Å². The number of carbonyl (C=O) groups is 1. The Bertz CT molecular complexity index is 763. The molecular formula is C17H24N6O3. The van der Waals surface area contributed by atoms with Crippen LogP contribution in [0, 0.1) is 5.92 Å². The molecule has 1 N–H and O–H groups in total. The van der Waals surface area contributed by atoms with E-state index in [0.717, 1.165) is 12.2 Å². The minimum absolute atomic E-state index is 0.167. The predicted octanol–water partition coefficient (Wildman–Crippen LogP) is 0.792. The Morgan fingerprint density at radius 2 is 2.23 bits per heavy atom. The summed E-state index contributed by atoms with van der Waals surface area (Å²) in [4.78, 5) is 22.7. The molecule has 1 fully saturated rings. The van der Waals surface area contributed by atoms with Gasteiger partial charge in [0, 0.05) is 52.3 Å². The summed E-state index contributed by atoms with van der Waals surface area (Å²) in [5, 5.41) is 7.41. The normalized spacial score (nSPS) is 17.0. The van der Waals surface area contributed by atoms with Crippen LogP contribution in [-0.4, -0.2) is 71.0 Å². The van der Waals surface area contributed by atoms with Crippen LogP contribution in [0.25, 0.3) is 11.4 Å². The molecule has 1 aliphatic heterocycles. The topological polar surface area (TPSA) is 94.4 Å². The molecule has 9 nitrogen and oxygen atoms in total. The van der Waals surface area contributed by atoms with Gasteiger partial charge in [0.1, 0.15) is 5.69 Å². The maximum absolute atomic E-state index is 12.0. The first kappa shape index (κ1) is 18.1. The third kappa shape index (κ3) is 3.93. The number of aryl methyl sites for hydroxylation is 1. The molecule has 0 aromatic carbocycles. The van der Waals surface area contributed by atoms with Crippen molar-refractivity contribution in [3.05, 3.63) is 18.5 Å². The molecule has 0 aliphatic carbocycles. The lowest BCUT2D eigenvalue weighted by molar-refractivity contribution is -0.128. The number of ether oxygens (including phenoxy) is 2. The first-order valence-corrected chi connectivity index (χ1v) is 8.52. The Morgan fingerprint density at radius 3 is 2.92 bits per heavy atom. The maximum atomic E-state index is 12.0. The predicted molar refractivity (Wildman–Crippen MR) is 95.8 cm³/mol. The molecule has 2 aromatic heterocycles. The number of nitrogens with one attached hydrogen (secondary N) is 1. The van der Waals surface area contributed by atoms with Crippen molar-refractivity contribution in [1.82, 2.24) is 24.6 Å². The van der Waals surface area contributed by atoms with Crippen LogP contribution in [-0.2, 0) is 16.6 Å². The van der Waals surface area contributed by atoms with Gasteiger partial charge in [-0.1, -0.05) is 0 Å². The minimum Gasteiger partial charge on any atom is -0.493 e. The second-order valence-electron chi connectivity index (χ2n) is 6.23. The van der Waals surface area contributed by atoms with E-state index in [4.69, 9.17) is 9.47 Å². The highest BCUT2D eigenvalue weighted by Gasteiger charge is 2.29. The fraction of sp³-hybridized carbons (Fsp3) is 0.529. The van der Waals surface area contributed by atoms with Gasteiger partial charge in [0.15, 0.2) is 5.75 Å². The fourth-order valence-electron chi connectivity index (χ4n) is 3.04. The van der Waals surface area contributed by atoms with Gasteiger partial charge >= 0.3 is 0 Å². The highest BCUT2D eigenvalue weighted by molar-refractivity contribution is 5.78. The number of likely N-dealkylation sites (tertiary alicyclic amines) is 1. The van der Waals surface area contributed by atoms with Crippen LogP contribution in [0.3, 0.4) is 0 Å². The Hall–Kier alpha value is -2.68. The van der Waals surface area contributed by atoms with Crippen LogP contribution >= 0.6 is 0 Å². The van der Waals surface area contributed by atoms with E-state index in [0.29, 0.717) is 43.5 Å². The van der Waals surface area contributed by atoms with Gasteiger partial charge in [0.05, 0.1) is 25.6 Å². The highest BCUT2D eigenvalue weighted by atomic mass is 16.5. The average molecular weight is 360 g/mol. The van der Waals surface area contributed by atoms with E-state index in [9.17, 15) is 4.79 Å². The summed E-state index contributed by atoms with van der Waals surface area (Å²) in [5.41, 5.74) is 1.52. The number of methoxy groups -OCH3 is 2. The molecular weight excluding hydrogens is 336 g/mol. The summed E-state index contributed by atoms with van der Waals surface area (Å²) in [7, 11) is 5.08. The van der Waals surface area contributed by atoms with Crippen molar-refractivity contribution in [3.8, 4) is 17.1 Å². The monoisotopic (exact) mass is 360 g/mol. The Balaban J connectivity index is 1.66. The van der Waals surface area contributed by atoms with Gasteiger partial charge in [-0.05, 0) is 6.07 Å². The number of rotatable bonds is 8. The van der Waals surface area contributed by atoms with E-state index in [1.54, 1.807) is 31.3 Å². The standard InChI is InChI=1S/C17H24N6O3/c1-22-13(4-5-20-22)16-14(26-3)10-19-17(21-16)18-9-12-8-15(24)23(11-12)6-7-25-2/h4-5,10,12H,6-9,11H2,1-3H3,(H,18,19,21)/t12-/m1/s1. The van der Waals surface area contributed by atoms with Crippen LogP contribution in [0.2, 0.25) is 0 Å². The summed E-state index contributed by atoms with van der Waals surface area (Å²) in [6.07, 6.45) is 3.88. The molecule has 2 aromatic rings. The smallest absolute Gasteiger partial charge is 0.223 e. The second kappa shape index (κ2) is 8.13. The Labute approximate surface area is 152 Å². The number of hydrogen-bond donors (Lipinski definition) is 1. The first-order valence-electron chi connectivity index (χ1n) is 8.52. The van der Waals surface area contributed by atoms with Gasteiger partial charge < -0.3 is 19.7 Å². The molecule has 140 valence electrons. The van der Waals surface area contributed by atoms with E-state index in [2.05, 4.69) is 20.4 Å². The largest absolute Gasteiger partial charge is 0.493 e. The summed E-state index contributed by atoms with van der Waals surface area (Å²) < 4.78 is 12.1. The van der Waals surface area contributed by atoms with Crippen molar-refractivity contribution in [2.24, 2.45) is 13.0 Å². The van der Waals surface area contributed by atoms with E-state index >= 15 is 0 Å². The van der Waals surface area contributed by atoms with E-state index in [-0.39, 0.29) is 11.8 Å². The van der Waals surface area contributed by atoms with Gasteiger partial charge in [0.25, 0.3) is 0 Å². The molecule has 1 aliphatic rings. The van der Waals surface area contributed by atoms with Crippen LogP contribution in [0.15, 0.2) is 18.5 Å². The van der Waals surface area contributed by atoms with Crippen LogP contribution in [0.1, 0.15) is 6.42 Å². The molecule has 0 radical (unpaired) electrons. The summed E-state index contributed by atoms with van der Waals surface area (Å²) >= 11 is 0.